The highest BCUT2D eigenvalue weighted by Crippen LogP contribution is 2.29. The molecule has 1 aromatic rings. The highest BCUT2D eigenvalue weighted by molar-refractivity contribution is 6.03. The first-order chi connectivity index (χ1) is 8.54. The van der Waals surface area contributed by atoms with Gasteiger partial charge in [-0.3, -0.25) is 0 Å². The third-order valence-electron chi connectivity index (χ3n) is 2.91. The number of carbonyl (C=O) groups excluding carboxylic acids is 1. The first-order valence-electron chi connectivity index (χ1n) is 5.56. The fourth-order valence-corrected chi connectivity index (χ4v) is 2.10. The summed E-state index contributed by atoms with van der Waals surface area (Å²) in [7, 11) is 0. The monoisotopic (exact) mass is 247 g/mol. The van der Waals surface area contributed by atoms with Gasteiger partial charge in [-0.25, -0.2) is 9.18 Å². The van der Waals surface area contributed by atoms with Gasteiger partial charge in [0.05, 0.1) is 0 Å². The van der Waals surface area contributed by atoms with Crippen LogP contribution in [0.2, 0.25) is 0 Å². The quantitative estimate of drug-likeness (QED) is 0.832. The molecule has 0 saturated heterocycles. The maximum atomic E-state index is 13.1. The molecule has 2 amide bonds. The number of amides is 2. The highest BCUT2D eigenvalue weighted by atomic mass is 19.1. The first kappa shape index (κ1) is 12.3. The average Bonchev–Trinajstić information content (AvgIpc) is 2.56. The molecule has 94 valence electrons. The van der Waals surface area contributed by atoms with E-state index in [0.717, 1.165) is 11.1 Å². The van der Waals surface area contributed by atoms with Crippen molar-refractivity contribution in [3.05, 3.63) is 47.8 Å². The summed E-state index contributed by atoms with van der Waals surface area (Å²) in [6.45, 7) is 5.73. The lowest BCUT2D eigenvalue weighted by Crippen LogP contribution is -2.33. The van der Waals surface area contributed by atoms with Crippen molar-refractivity contribution in [3.8, 4) is 0 Å². The van der Waals surface area contributed by atoms with Gasteiger partial charge in [-0.1, -0.05) is 12.1 Å². The molecule has 1 atom stereocenters. The Morgan fingerprint density at radius 2 is 2.33 bits per heavy atom. The molecule has 0 radical (unpaired) electrons. The van der Waals surface area contributed by atoms with Crippen LogP contribution in [0.4, 0.5) is 9.18 Å². The fraction of sp³-hybridized carbons (Fsp3) is 0.231. The van der Waals surface area contributed by atoms with Crippen molar-refractivity contribution in [3.63, 3.8) is 0 Å². The molecule has 2 N–H and O–H groups in total. The molecule has 0 bridgehead atoms. The zero-order valence-corrected chi connectivity index (χ0v) is 10.1. The van der Waals surface area contributed by atoms with E-state index in [-0.39, 0.29) is 17.7 Å². The number of amidine groups is 1. The topological polar surface area (TPSA) is 58.7 Å². The van der Waals surface area contributed by atoms with Gasteiger partial charge in [-0.15, -0.1) is 6.58 Å². The van der Waals surface area contributed by atoms with Crippen LogP contribution >= 0.6 is 0 Å². The van der Waals surface area contributed by atoms with Gasteiger partial charge in [-0.2, -0.15) is 4.99 Å². The second kappa shape index (κ2) is 4.60. The van der Waals surface area contributed by atoms with Gasteiger partial charge in [0.25, 0.3) is 0 Å². The predicted molar refractivity (Wildman–Crippen MR) is 67.8 cm³/mol. The van der Waals surface area contributed by atoms with E-state index in [2.05, 4.69) is 11.6 Å². The van der Waals surface area contributed by atoms with E-state index in [9.17, 15) is 9.18 Å². The third-order valence-corrected chi connectivity index (χ3v) is 2.91. The molecule has 0 fully saturated rings. The van der Waals surface area contributed by atoms with Gasteiger partial charge in [0.15, 0.2) is 0 Å². The molecular formula is C13H14FN3O. The van der Waals surface area contributed by atoms with Crippen molar-refractivity contribution in [2.45, 2.75) is 13.0 Å². The maximum Gasteiger partial charge on any atom is 0.346 e. The lowest BCUT2D eigenvalue weighted by Gasteiger charge is -2.24. The molecule has 1 aliphatic heterocycles. The molecule has 1 heterocycles. The van der Waals surface area contributed by atoms with Crippen LogP contribution in [0.3, 0.4) is 0 Å². The van der Waals surface area contributed by atoms with E-state index in [1.54, 1.807) is 19.1 Å². The van der Waals surface area contributed by atoms with Crippen molar-refractivity contribution in [2.24, 2.45) is 10.7 Å². The number of aliphatic imine (C=N–C) groups is 1. The van der Waals surface area contributed by atoms with Gasteiger partial charge in [0.1, 0.15) is 17.7 Å². The lowest BCUT2D eigenvalue weighted by atomic mass is 9.99. The maximum absolute atomic E-state index is 13.1. The number of carbonyl (C=O) groups is 1. The summed E-state index contributed by atoms with van der Waals surface area (Å²) >= 11 is 0. The Morgan fingerprint density at radius 1 is 1.61 bits per heavy atom. The number of benzene rings is 1. The normalized spacial score (nSPS) is 19.0. The number of nitrogens with zero attached hydrogens (tertiary/aromatic N) is 2. The zero-order chi connectivity index (χ0) is 13.3. The molecule has 0 aliphatic carbocycles. The lowest BCUT2D eigenvalue weighted by molar-refractivity contribution is 0.212. The molecule has 1 aromatic carbocycles. The summed E-state index contributed by atoms with van der Waals surface area (Å²) in [5.74, 6) is -0.0806. The summed E-state index contributed by atoms with van der Waals surface area (Å²) in [6, 6.07) is 3.58. The second-order valence-electron chi connectivity index (χ2n) is 4.16. The van der Waals surface area contributed by atoms with Gasteiger partial charge < -0.3 is 10.6 Å². The van der Waals surface area contributed by atoms with Crippen LogP contribution in [0, 0.1) is 12.7 Å². The summed E-state index contributed by atoms with van der Waals surface area (Å²) < 4.78 is 13.1. The van der Waals surface area contributed by atoms with E-state index in [1.165, 1.54) is 17.0 Å². The SMILES string of the molecule is C=CCN1C(=O)N=C(N)C1c1ccc(F)cc1C. The van der Waals surface area contributed by atoms with Gasteiger partial charge >= 0.3 is 6.03 Å². The number of aryl methyl sites for hydroxylation is 1. The molecular weight excluding hydrogens is 233 g/mol. The molecule has 0 spiro atoms. The minimum absolute atomic E-state index is 0.233. The van der Waals surface area contributed by atoms with Crippen LogP contribution in [0.1, 0.15) is 17.2 Å². The number of halogens is 1. The van der Waals surface area contributed by atoms with Crippen LogP contribution < -0.4 is 5.73 Å². The molecule has 0 aromatic heterocycles. The van der Waals surface area contributed by atoms with Crippen LogP contribution in [-0.2, 0) is 0 Å². The van der Waals surface area contributed by atoms with Crippen molar-refractivity contribution in [2.75, 3.05) is 6.54 Å². The number of rotatable bonds is 3. The van der Waals surface area contributed by atoms with Gasteiger partial charge in [0, 0.05) is 6.54 Å². The molecule has 2 rings (SSSR count). The van der Waals surface area contributed by atoms with Crippen LogP contribution in [-0.4, -0.2) is 23.3 Å². The molecule has 0 saturated carbocycles. The Hall–Kier alpha value is -2.17. The molecule has 18 heavy (non-hydrogen) atoms. The molecule has 1 unspecified atom stereocenters. The van der Waals surface area contributed by atoms with E-state index >= 15 is 0 Å². The Balaban J connectivity index is 2.44. The van der Waals surface area contributed by atoms with Crippen LogP contribution in [0.5, 0.6) is 0 Å². The van der Waals surface area contributed by atoms with Gasteiger partial charge in [-0.05, 0) is 30.2 Å². The van der Waals surface area contributed by atoms with E-state index in [1.807, 2.05) is 0 Å². The van der Waals surface area contributed by atoms with Crippen molar-refractivity contribution >= 4 is 11.9 Å². The van der Waals surface area contributed by atoms with Crippen LogP contribution in [0.25, 0.3) is 0 Å². The molecule has 5 heteroatoms. The van der Waals surface area contributed by atoms with Crippen molar-refractivity contribution in [1.29, 1.82) is 0 Å². The number of urea groups is 1. The Morgan fingerprint density at radius 3 is 2.94 bits per heavy atom. The Kier molecular flexibility index (Phi) is 3.14. The molecule has 1 aliphatic rings. The standard InChI is InChI=1S/C13H14FN3O/c1-3-6-17-11(12(15)16-13(17)18)10-5-4-9(14)7-8(10)2/h3-5,7,11H,1,6H2,2H3,(H2,15,16,18). The summed E-state index contributed by atoms with van der Waals surface area (Å²) in [5.41, 5.74) is 7.31. The summed E-state index contributed by atoms with van der Waals surface area (Å²) in [4.78, 5) is 16.9. The van der Waals surface area contributed by atoms with E-state index in [4.69, 9.17) is 5.73 Å². The van der Waals surface area contributed by atoms with E-state index < -0.39 is 6.04 Å². The second-order valence-corrected chi connectivity index (χ2v) is 4.16. The fourth-order valence-electron chi connectivity index (χ4n) is 2.10. The average molecular weight is 247 g/mol. The third kappa shape index (κ3) is 1.99. The number of hydrogen-bond donors (Lipinski definition) is 1. The van der Waals surface area contributed by atoms with Crippen molar-refractivity contribution in [1.82, 2.24) is 4.90 Å². The minimum Gasteiger partial charge on any atom is -0.385 e. The minimum atomic E-state index is -0.434. The first-order valence-corrected chi connectivity index (χ1v) is 5.56. The highest BCUT2D eigenvalue weighted by Gasteiger charge is 2.34. The summed E-state index contributed by atoms with van der Waals surface area (Å²) in [6.07, 6.45) is 1.61. The van der Waals surface area contributed by atoms with Crippen LogP contribution in [0.15, 0.2) is 35.8 Å². The number of hydrogen-bond acceptors (Lipinski definition) is 2. The smallest absolute Gasteiger partial charge is 0.346 e. The summed E-state index contributed by atoms with van der Waals surface area (Å²) in [5, 5.41) is 0. The zero-order valence-electron chi connectivity index (χ0n) is 10.1. The Labute approximate surface area is 105 Å². The largest absolute Gasteiger partial charge is 0.385 e. The predicted octanol–water partition coefficient (Wildman–Crippen LogP) is 2.15. The Bertz CT molecular complexity index is 539. The number of nitrogens with two attached hydrogens (primary N) is 1. The van der Waals surface area contributed by atoms with E-state index in [0.29, 0.717) is 6.54 Å². The van der Waals surface area contributed by atoms with Crippen molar-refractivity contribution < 1.29 is 9.18 Å². The van der Waals surface area contributed by atoms with Gasteiger partial charge in [0.2, 0.25) is 0 Å². The molecule has 4 nitrogen and oxygen atoms in total.